The molecule has 0 fully saturated rings. The van der Waals surface area contributed by atoms with Gasteiger partial charge in [0.2, 0.25) is 0 Å². The SMILES string of the molecule is COc1ccccc1C(=O)N(Cc1ccco1)c1nc2ccc(Br)cc2s1. The maximum absolute atomic E-state index is 13.4. The minimum Gasteiger partial charge on any atom is -0.496 e. The third-order valence-electron chi connectivity index (χ3n) is 4.05. The number of carbonyl (C=O) groups is 1. The van der Waals surface area contributed by atoms with Gasteiger partial charge in [-0.25, -0.2) is 4.98 Å². The van der Waals surface area contributed by atoms with Crippen molar-refractivity contribution in [3.05, 3.63) is 76.7 Å². The van der Waals surface area contributed by atoms with Gasteiger partial charge in [0.1, 0.15) is 11.5 Å². The van der Waals surface area contributed by atoms with E-state index in [1.165, 1.54) is 11.3 Å². The lowest BCUT2D eigenvalue weighted by atomic mass is 10.1. The molecule has 0 aliphatic heterocycles. The average molecular weight is 443 g/mol. The Kier molecular flexibility index (Phi) is 4.96. The number of hydrogen-bond acceptors (Lipinski definition) is 5. The standard InChI is InChI=1S/C20H15BrN2O3S/c1-25-17-7-3-2-6-15(17)19(24)23(12-14-5-4-10-26-14)20-22-16-9-8-13(21)11-18(16)27-20/h2-11H,12H2,1H3. The van der Waals surface area contributed by atoms with Crippen LogP contribution in [0.3, 0.4) is 0 Å². The van der Waals surface area contributed by atoms with Crippen LogP contribution in [0, 0.1) is 0 Å². The Morgan fingerprint density at radius 2 is 2.07 bits per heavy atom. The average Bonchev–Trinajstić information content (AvgIpc) is 3.34. The molecule has 0 saturated heterocycles. The summed E-state index contributed by atoms with van der Waals surface area (Å²) < 4.78 is 12.8. The molecule has 0 bridgehead atoms. The quantitative estimate of drug-likeness (QED) is 0.408. The van der Waals surface area contributed by atoms with Crippen LogP contribution in [0.15, 0.2) is 69.8 Å². The Morgan fingerprint density at radius 3 is 2.85 bits per heavy atom. The van der Waals surface area contributed by atoms with Crippen molar-refractivity contribution in [3.63, 3.8) is 0 Å². The smallest absolute Gasteiger partial charge is 0.264 e. The molecule has 0 radical (unpaired) electrons. The first kappa shape index (κ1) is 17.8. The maximum Gasteiger partial charge on any atom is 0.264 e. The van der Waals surface area contributed by atoms with Crippen LogP contribution in [0.2, 0.25) is 0 Å². The minimum absolute atomic E-state index is 0.193. The molecular weight excluding hydrogens is 428 g/mol. The second kappa shape index (κ2) is 7.54. The highest BCUT2D eigenvalue weighted by molar-refractivity contribution is 9.10. The predicted molar refractivity (Wildman–Crippen MR) is 110 cm³/mol. The van der Waals surface area contributed by atoms with E-state index < -0.39 is 0 Å². The summed E-state index contributed by atoms with van der Waals surface area (Å²) >= 11 is 4.94. The summed E-state index contributed by atoms with van der Waals surface area (Å²) in [4.78, 5) is 19.6. The van der Waals surface area contributed by atoms with Gasteiger partial charge >= 0.3 is 0 Å². The van der Waals surface area contributed by atoms with Crippen LogP contribution >= 0.6 is 27.3 Å². The van der Waals surface area contributed by atoms with Gasteiger partial charge in [-0.15, -0.1) is 0 Å². The highest BCUT2D eigenvalue weighted by Gasteiger charge is 2.25. The topological polar surface area (TPSA) is 55.6 Å². The summed E-state index contributed by atoms with van der Waals surface area (Å²) in [6.45, 7) is 0.283. The van der Waals surface area contributed by atoms with Crippen LogP contribution in [0.5, 0.6) is 5.75 Å². The van der Waals surface area contributed by atoms with Crippen molar-refractivity contribution in [1.82, 2.24) is 4.98 Å². The molecule has 2 aromatic heterocycles. The molecule has 0 aliphatic carbocycles. The number of para-hydroxylation sites is 1. The number of carbonyl (C=O) groups excluding carboxylic acids is 1. The number of benzene rings is 2. The van der Waals surface area contributed by atoms with Gasteiger partial charge in [-0.3, -0.25) is 9.69 Å². The zero-order valence-corrected chi connectivity index (χ0v) is 16.8. The maximum atomic E-state index is 13.4. The number of rotatable bonds is 5. The number of methoxy groups -OCH3 is 1. The van der Waals surface area contributed by atoms with Crippen molar-refractivity contribution in [2.24, 2.45) is 0 Å². The summed E-state index contributed by atoms with van der Waals surface area (Å²) in [5.41, 5.74) is 1.32. The van der Waals surface area contributed by atoms with Gasteiger partial charge in [-0.1, -0.05) is 39.4 Å². The zero-order valence-electron chi connectivity index (χ0n) is 14.4. The van der Waals surface area contributed by atoms with Gasteiger partial charge in [-0.05, 0) is 42.5 Å². The molecule has 0 saturated carbocycles. The van der Waals surface area contributed by atoms with Crippen molar-refractivity contribution in [1.29, 1.82) is 0 Å². The van der Waals surface area contributed by atoms with Gasteiger partial charge in [0.25, 0.3) is 5.91 Å². The second-order valence-corrected chi connectivity index (χ2v) is 7.70. The number of nitrogens with zero attached hydrogens (tertiary/aromatic N) is 2. The fraction of sp³-hybridized carbons (Fsp3) is 0.100. The van der Waals surface area contributed by atoms with Gasteiger partial charge < -0.3 is 9.15 Å². The Hall–Kier alpha value is -2.64. The molecule has 2 heterocycles. The lowest BCUT2D eigenvalue weighted by Gasteiger charge is -2.20. The molecule has 136 valence electrons. The largest absolute Gasteiger partial charge is 0.496 e. The molecule has 7 heteroatoms. The Morgan fingerprint density at radius 1 is 1.22 bits per heavy atom. The lowest BCUT2D eigenvalue weighted by Crippen LogP contribution is -2.30. The van der Waals surface area contributed by atoms with Gasteiger partial charge in [0, 0.05) is 4.47 Å². The number of thiazole rings is 1. The minimum atomic E-state index is -0.193. The molecule has 0 atom stereocenters. The molecule has 5 nitrogen and oxygen atoms in total. The van der Waals surface area contributed by atoms with E-state index in [1.54, 1.807) is 36.5 Å². The number of aromatic nitrogens is 1. The number of furan rings is 1. The number of ether oxygens (including phenoxy) is 1. The molecule has 0 N–H and O–H groups in total. The van der Waals surface area contributed by atoms with Crippen molar-refractivity contribution in [2.75, 3.05) is 12.0 Å². The number of amides is 1. The third-order valence-corrected chi connectivity index (χ3v) is 5.58. The van der Waals surface area contributed by atoms with E-state index >= 15 is 0 Å². The van der Waals surface area contributed by atoms with Crippen LogP contribution < -0.4 is 9.64 Å². The molecule has 27 heavy (non-hydrogen) atoms. The Balaban J connectivity index is 1.79. The molecule has 0 spiro atoms. The van der Waals surface area contributed by atoms with E-state index in [0.717, 1.165) is 14.7 Å². The molecule has 0 aliphatic rings. The van der Waals surface area contributed by atoms with E-state index in [9.17, 15) is 4.79 Å². The van der Waals surface area contributed by atoms with Crippen molar-refractivity contribution >= 4 is 48.5 Å². The third kappa shape index (κ3) is 3.61. The summed E-state index contributed by atoms with van der Waals surface area (Å²) in [5, 5.41) is 0.607. The first-order valence-electron chi connectivity index (χ1n) is 8.19. The number of halogens is 1. The summed E-state index contributed by atoms with van der Waals surface area (Å²) in [6.07, 6.45) is 1.59. The number of hydrogen-bond donors (Lipinski definition) is 0. The van der Waals surface area contributed by atoms with Crippen molar-refractivity contribution in [3.8, 4) is 5.75 Å². The first-order chi connectivity index (χ1) is 13.2. The number of anilines is 1. The normalized spacial score (nSPS) is 10.9. The fourth-order valence-electron chi connectivity index (χ4n) is 2.75. The van der Waals surface area contributed by atoms with Crippen LogP contribution in [0.25, 0.3) is 10.2 Å². The summed E-state index contributed by atoms with van der Waals surface area (Å²) in [5.74, 6) is 1.01. The highest BCUT2D eigenvalue weighted by Crippen LogP contribution is 2.33. The molecule has 4 aromatic rings. The first-order valence-corrected chi connectivity index (χ1v) is 9.80. The van der Waals surface area contributed by atoms with Crippen LogP contribution in [0.4, 0.5) is 5.13 Å². The molecule has 4 rings (SSSR count). The molecular formula is C20H15BrN2O3S. The Bertz CT molecular complexity index is 1090. The van der Waals surface area contributed by atoms with Crippen LogP contribution in [0.1, 0.15) is 16.1 Å². The van der Waals surface area contributed by atoms with E-state index in [4.69, 9.17) is 9.15 Å². The monoisotopic (exact) mass is 442 g/mol. The van der Waals surface area contributed by atoms with Gasteiger partial charge in [-0.2, -0.15) is 0 Å². The molecule has 0 unspecified atom stereocenters. The van der Waals surface area contributed by atoms with E-state index in [1.807, 2.05) is 36.4 Å². The van der Waals surface area contributed by atoms with E-state index in [2.05, 4.69) is 20.9 Å². The zero-order chi connectivity index (χ0) is 18.8. The van der Waals surface area contributed by atoms with Crippen LogP contribution in [-0.2, 0) is 6.54 Å². The second-order valence-electron chi connectivity index (χ2n) is 5.78. The van der Waals surface area contributed by atoms with Gasteiger partial charge in [0.05, 0.1) is 35.7 Å². The fourth-order valence-corrected chi connectivity index (χ4v) is 4.27. The Labute approximate surface area is 168 Å². The summed E-state index contributed by atoms with van der Waals surface area (Å²) in [7, 11) is 1.55. The lowest BCUT2D eigenvalue weighted by molar-refractivity contribution is 0.0980. The molecule has 2 aromatic carbocycles. The van der Waals surface area contributed by atoms with Gasteiger partial charge in [0.15, 0.2) is 5.13 Å². The highest BCUT2D eigenvalue weighted by atomic mass is 79.9. The predicted octanol–water partition coefficient (Wildman–Crippen LogP) is 5.51. The number of fused-ring (bicyclic) bond motifs is 1. The molecule has 1 amide bonds. The van der Waals surface area contributed by atoms with Crippen molar-refractivity contribution in [2.45, 2.75) is 6.54 Å². The van der Waals surface area contributed by atoms with E-state index in [-0.39, 0.29) is 12.5 Å². The van der Waals surface area contributed by atoms with Crippen molar-refractivity contribution < 1.29 is 13.9 Å². The van der Waals surface area contributed by atoms with Crippen LogP contribution in [-0.4, -0.2) is 18.0 Å². The van der Waals surface area contributed by atoms with E-state index in [0.29, 0.717) is 22.2 Å². The summed E-state index contributed by atoms with van der Waals surface area (Å²) in [6, 6.07) is 16.7.